The SMILES string of the molecule is O=C(c1cc(-c2ccccc2)on1)N1CCN(C(=O)[C@@H]2CCCO2)CC1. The molecular weight excluding hydrogens is 334 g/mol. The van der Waals surface area contributed by atoms with Gasteiger partial charge in [-0.3, -0.25) is 9.59 Å². The molecule has 0 spiro atoms. The normalized spacial score (nSPS) is 20.4. The zero-order valence-electron chi connectivity index (χ0n) is 14.5. The maximum Gasteiger partial charge on any atom is 0.276 e. The lowest BCUT2D eigenvalue weighted by Crippen LogP contribution is -2.52. The van der Waals surface area contributed by atoms with E-state index < -0.39 is 0 Å². The molecule has 136 valence electrons. The second-order valence-corrected chi connectivity index (χ2v) is 6.56. The highest BCUT2D eigenvalue weighted by molar-refractivity contribution is 5.93. The summed E-state index contributed by atoms with van der Waals surface area (Å²) in [6, 6.07) is 11.2. The zero-order valence-corrected chi connectivity index (χ0v) is 14.5. The molecule has 7 nitrogen and oxygen atoms in total. The summed E-state index contributed by atoms with van der Waals surface area (Å²) in [5.74, 6) is 0.448. The lowest BCUT2D eigenvalue weighted by Gasteiger charge is -2.35. The van der Waals surface area contributed by atoms with Crippen molar-refractivity contribution in [2.24, 2.45) is 0 Å². The molecule has 2 fully saturated rings. The maximum absolute atomic E-state index is 12.7. The molecule has 2 aliphatic rings. The van der Waals surface area contributed by atoms with Crippen LogP contribution in [-0.4, -0.2) is 65.7 Å². The summed E-state index contributed by atoms with van der Waals surface area (Å²) in [6.07, 6.45) is 1.42. The summed E-state index contributed by atoms with van der Waals surface area (Å²) < 4.78 is 10.8. The zero-order chi connectivity index (χ0) is 17.9. The van der Waals surface area contributed by atoms with Gasteiger partial charge in [-0.2, -0.15) is 0 Å². The lowest BCUT2D eigenvalue weighted by atomic mass is 10.1. The Labute approximate surface area is 151 Å². The largest absolute Gasteiger partial charge is 0.368 e. The molecule has 1 aromatic carbocycles. The number of carbonyl (C=O) groups excluding carboxylic acids is 2. The van der Waals surface area contributed by atoms with Crippen LogP contribution in [0.4, 0.5) is 0 Å². The monoisotopic (exact) mass is 355 g/mol. The summed E-state index contributed by atoms with van der Waals surface area (Å²) in [5.41, 5.74) is 1.17. The Morgan fingerprint density at radius 2 is 1.77 bits per heavy atom. The minimum absolute atomic E-state index is 0.0439. The van der Waals surface area contributed by atoms with Gasteiger partial charge >= 0.3 is 0 Å². The van der Waals surface area contributed by atoms with Gasteiger partial charge in [0.05, 0.1) is 0 Å². The smallest absolute Gasteiger partial charge is 0.276 e. The molecule has 2 amide bonds. The molecule has 0 N–H and O–H groups in total. The molecule has 7 heteroatoms. The molecule has 2 aliphatic heterocycles. The standard InChI is InChI=1S/C19H21N3O4/c23-18(15-13-17(26-20-15)14-5-2-1-3-6-14)21-8-10-22(11-9-21)19(24)16-7-4-12-25-16/h1-3,5-6,13,16H,4,7-12H2/t16-/m0/s1. The fraction of sp³-hybridized carbons (Fsp3) is 0.421. The van der Waals surface area contributed by atoms with E-state index in [1.807, 2.05) is 30.3 Å². The summed E-state index contributed by atoms with van der Waals surface area (Å²) in [6.45, 7) is 2.68. The lowest BCUT2D eigenvalue weighted by molar-refractivity contribution is -0.142. The van der Waals surface area contributed by atoms with Crippen LogP contribution < -0.4 is 0 Å². The highest BCUT2D eigenvalue weighted by atomic mass is 16.5. The van der Waals surface area contributed by atoms with Crippen molar-refractivity contribution in [1.29, 1.82) is 0 Å². The Hall–Kier alpha value is -2.67. The predicted octanol–water partition coefficient (Wildman–Crippen LogP) is 1.80. The third kappa shape index (κ3) is 3.35. The fourth-order valence-electron chi connectivity index (χ4n) is 3.38. The van der Waals surface area contributed by atoms with Gasteiger partial charge < -0.3 is 19.1 Å². The first-order chi connectivity index (χ1) is 12.7. The molecule has 4 rings (SSSR count). The number of rotatable bonds is 3. The minimum atomic E-state index is -0.304. The Kier molecular flexibility index (Phi) is 4.71. The summed E-state index contributed by atoms with van der Waals surface area (Å²) >= 11 is 0. The number of piperazine rings is 1. The second-order valence-electron chi connectivity index (χ2n) is 6.56. The molecule has 1 atom stereocenters. The van der Waals surface area contributed by atoms with Gasteiger partial charge in [0, 0.05) is 44.4 Å². The van der Waals surface area contributed by atoms with Crippen molar-refractivity contribution in [3.05, 3.63) is 42.1 Å². The molecule has 1 aromatic heterocycles. The van der Waals surface area contributed by atoms with Crippen molar-refractivity contribution in [3.8, 4) is 11.3 Å². The number of hydrogen-bond donors (Lipinski definition) is 0. The average molecular weight is 355 g/mol. The first-order valence-electron chi connectivity index (χ1n) is 8.94. The molecule has 2 aromatic rings. The number of hydrogen-bond acceptors (Lipinski definition) is 5. The van der Waals surface area contributed by atoms with Crippen LogP contribution >= 0.6 is 0 Å². The van der Waals surface area contributed by atoms with Crippen molar-refractivity contribution >= 4 is 11.8 Å². The van der Waals surface area contributed by atoms with Crippen LogP contribution in [0.1, 0.15) is 23.3 Å². The summed E-state index contributed by atoms with van der Waals surface area (Å²) in [7, 11) is 0. The topological polar surface area (TPSA) is 75.9 Å². The van der Waals surface area contributed by atoms with E-state index in [0.29, 0.717) is 44.2 Å². The number of ether oxygens (including phenoxy) is 1. The molecule has 0 saturated carbocycles. The molecule has 26 heavy (non-hydrogen) atoms. The summed E-state index contributed by atoms with van der Waals surface area (Å²) in [5, 5.41) is 3.92. The van der Waals surface area contributed by atoms with Crippen molar-refractivity contribution < 1.29 is 18.8 Å². The first kappa shape index (κ1) is 16.8. The van der Waals surface area contributed by atoms with Gasteiger partial charge in [-0.15, -0.1) is 0 Å². The van der Waals surface area contributed by atoms with Crippen LogP contribution in [0.2, 0.25) is 0 Å². The van der Waals surface area contributed by atoms with Gasteiger partial charge in [-0.25, -0.2) is 0 Å². The van der Waals surface area contributed by atoms with E-state index in [1.54, 1.807) is 15.9 Å². The van der Waals surface area contributed by atoms with Crippen LogP contribution in [-0.2, 0) is 9.53 Å². The van der Waals surface area contributed by atoms with E-state index in [0.717, 1.165) is 18.4 Å². The number of carbonyl (C=O) groups is 2. The van der Waals surface area contributed by atoms with Gasteiger partial charge in [0.1, 0.15) is 6.10 Å². The van der Waals surface area contributed by atoms with E-state index in [1.165, 1.54) is 0 Å². The molecule has 3 heterocycles. The first-order valence-corrected chi connectivity index (χ1v) is 8.94. The Balaban J connectivity index is 1.36. The average Bonchev–Trinajstić information content (AvgIpc) is 3.40. The molecule has 2 saturated heterocycles. The predicted molar refractivity (Wildman–Crippen MR) is 93.4 cm³/mol. The van der Waals surface area contributed by atoms with Crippen LogP contribution in [0.25, 0.3) is 11.3 Å². The molecule has 0 aliphatic carbocycles. The quantitative estimate of drug-likeness (QED) is 0.839. The van der Waals surface area contributed by atoms with Gasteiger partial charge in [-0.1, -0.05) is 35.5 Å². The van der Waals surface area contributed by atoms with Crippen LogP contribution in [0.15, 0.2) is 40.9 Å². The molecule has 0 radical (unpaired) electrons. The Morgan fingerprint density at radius 1 is 1.04 bits per heavy atom. The van der Waals surface area contributed by atoms with Gasteiger partial charge in [0.15, 0.2) is 11.5 Å². The highest BCUT2D eigenvalue weighted by Gasteiger charge is 2.32. The van der Waals surface area contributed by atoms with E-state index >= 15 is 0 Å². The third-order valence-electron chi connectivity index (χ3n) is 4.87. The third-order valence-corrected chi connectivity index (χ3v) is 4.87. The van der Waals surface area contributed by atoms with E-state index in [-0.39, 0.29) is 17.9 Å². The summed E-state index contributed by atoms with van der Waals surface area (Å²) in [4.78, 5) is 28.5. The van der Waals surface area contributed by atoms with Crippen LogP contribution in [0.3, 0.4) is 0 Å². The number of amides is 2. The van der Waals surface area contributed by atoms with Crippen molar-refractivity contribution in [2.75, 3.05) is 32.8 Å². The van der Waals surface area contributed by atoms with Crippen molar-refractivity contribution in [3.63, 3.8) is 0 Å². The minimum Gasteiger partial charge on any atom is -0.368 e. The number of aromatic nitrogens is 1. The Morgan fingerprint density at radius 3 is 2.46 bits per heavy atom. The second kappa shape index (κ2) is 7.29. The van der Waals surface area contributed by atoms with Crippen molar-refractivity contribution in [2.45, 2.75) is 18.9 Å². The Bertz CT molecular complexity index is 775. The van der Waals surface area contributed by atoms with Gasteiger partial charge in [0.25, 0.3) is 11.8 Å². The number of benzene rings is 1. The fourth-order valence-corrected chi connectivity index (χ4v) is 3.38. The molecular formula is C19H21N3O4. The van der Waals surface area contributed by atoms with Crippen LogP contribution in [0, 0.1) is 0 Å². The van der Waals surface area contributed by atoms with E-state index in [4.69, 9.17) is 9.26 Å². The van der Waals surface area contributed by atoms with E-state index in [9.17, 15) is 9.59 Å². The molecule has 0 bridgehead atoms. The van der Waals surface area contributed by atoms with E-state index in [2.05, 4.69) is 5.16 Å². The molecule has 0 unspecified atom stereocenters. The van der Waals surface area contributed by atoms with Crippen LogP contribution in [0.5, 0.6) is 0 Å². The van der Waals surface area contributed by atoms with Crippen molar-refractivity contribution in [1.82, 2.24) is 15.0 Å². The van der Waals surface area contributed by atoms with Gasteiger partial charge in [0.2, 0.25) is 0 Å². The highest BCUT2D eigenvalue weighted by Crippen LogP contribution is 2.21. The van der Waals surface area contributed by atoms with Gasteiger partial charge in [-0.05, 0) is 12.8 Å². The number of nitrogens with zero attached hydrogens (tertiary/aromatic N) is 3. The maximum atomic E-state index is 12.7.